The molecule has 0 spiro atoms. The number of hydrogen-bond donors (Lipinski definition) is 1. The number of aliphatic carboxylic acids is 1. The van der Waals surface area contributed by atoms with Crippen molar-refractivity contribution >= 4 is 11.5 Å². The molecule has 1 saturated carbocycles. The zero-order valence-electron chi connectivity index (χ0n) is 16.0. The van der Waals surface area contributed by atoms with E-state index in [1.165, 1.54) is 66.4 Å². The van der Waals surface area contributed by atoms with Gasteiger partial charge >= 0.3 is 5.97 Å². The second kappa shape index (κ2) is 7.56. The van der Waals surface area contributed by atoms with Crippen molar-refractivity contribution in [3.05, 3.63) is 40.5 Å². The van der Waals surface area contributed by atoms with Gasteiger partial charge in [0.05, 0.1) is 5.92 Å². The molecule has 140 valence electrons. The molecule has 1 aromatic rings. The standard InChI is InChI=1S/C23H31NO2/c1-16-20(13-24-14-21(15-24)23(25)26)9-8-19-12-18(7-10-22(16)19)11-17-5-3-2-4-6-17/h7,10,12,17,21H,2-6,8-9,11,13-15H2,1H3,(H,25,26). The molecule has 2 aliphatic carbocycles. The molecule has 1 aromatic carbocycles. The second-order valence-corrected chi connectivity index (χ2v) is 8.66. The highest BCUT2D eigenvalue weighted by Gasteiger charge is 2.33. The van der Waals surface area contributed by atoms with Gasteiger partial charge in [0.15, 0.2) is 0 Å². The minimum atomic E-state index is -0.647. The van der Waals surface area contributed by atoms with E-state index >= 15 is 0 Å². The predicted octanol–water partition coefficient (Wildman–Crippen LogP) is 4.55. The van der Waals surface area contributed by atoms with Crippen LogP contribution in [-0.4, -0.2) is 35.6 Å². The van der Waals surface area contributed by atoms with E-state index in [4.69, 9.17) is 5.11 Å². The molecule has 0 atom stereocenters. The molecule has 0 aromatic heterocycles. The summed E-state index contributed by atoms with van der Waals surface area (Å²) < 4.78 is 0. The molecular formula is C23H31NO2. The Balaban J connectivity index is 1.42. The van der Waals surface area contributed by atoms with Crippen LogP contribution in [0.25, 0.3) is 5.57 Å². The van der Waals surface area contributed by atoms with E-state index in [2.05, 4.69) is 30.0 Å². The van der Waals surface area contributed by atoms with Gasteiger partial charge in [-0.1, -0.05) is 55.9 Å². The van der Waals surface area contributed by atoms with E-state index in [1.807, 2.05) is 0 Å². The summed E-state index contributed by atoms with van der Waals surface area (Å²) in [5.41, 5.74) is 7.40. The Bertz CT molecular complexity index is 709. The fourth-order valence-corrected chi connectivity index (χ4v) is 5.06. The minimum Gasteiger partial charge on any atom is -0.481 e. The molecule has 1 aliphatic heterocycles. The predicted molar refractivity (Wildman–Crippen MR) is 105 cm³/mol. The molecule has 3 aliphatic rings. The molecule has 0 amide bonds. The van der Waals surface area contributed by atoms with Crippen LogP contribution >= 0.6 is 0 Å². The highest BCUT2D eigenvalue weighted by molar-refractivity contribution is 5.73. The normalized spacial score (nSPS) is 22.2. The number of carbonyl (C=O) groups is 1. The summed E-state index contributed by atoms with van der Waals surface area (Å²) in [4.78, 5) is 13.3. The van der Waals surface area contributed by atoms with Gasteiger partial charge in [0, 0.05) is 19.6 Å². The van der Waals surface area contributed by atoms with E-state index in [-0.39, 0.29) is 5.92 Å². The lowest BCUT2D eigenvalue weighted by Gasteiger charge is -2.38. The quantitative estimate of drug-likeness (QED) is 0.844. The van der Waals surface area contributed by atoms with Crippen LogP contribution in [0.15, 0.2) is 23.8 Å². The molecule has 0 unspecified atom stereocenters. The molecule has 0 radical (unpaired) electrons. The van der Waals surface area contributed by atoms with Crippen LogP contribution in [0.3, 0.4) is 0 Å². The highest BCUT2D eigenvalue weighted by Crippen LogP contribution is 2.34. The lowest BCUT2D eigenvalue weighted by atomic mass is 9.81. The Morgan fingerprint density at radius 2 is 1.92 bits per heavy atom. The maximum Gasteiger partial charge on any atom is 0.309 e. The molecule has 4 rings (SSSR count). The number of carboxylic acids is 1. The van der Waals surface area contributed by atoms with E-state index in [1.54, 1.807) is 0 Å². The van der Waals surface area contributed by atoms with Crippen molar-refractivity contribution in [2.75, 3.05) is 19.6 Å². The monoisotopic (exact) mass is 353 g/mol. The van der Waals surface area contributed by atoms with Crippen LogP contribution < -0.4 is 0 Å². The summed E-state index contributed by atoms with van der Waals surface area (Å²) >= 11 is 0. The number of fused-ring (bicyclic) bond motifs is 1. The first-order valence-electron chi connectivity index (χ1n) is 10.4. The van der Waals surface area contributed by atoms with Crippen LogP contribution in [0.4, 0.5) is 0 Å². The van der Waals surface area contributed by atoms with Crippen molar-refractivity contribution in [1.82, 2.24) is 4.90 Å². The highest BCUT2D eigenvalue weighted by atomic mass is 16.4. The van der Waals surface area contributed by atoms with Gasteiger partial charge in [-0.2, -0.15) is 0 Å². The van der Waals surface area contributed by atoms with Crippen molar-refractivity contribution in [2.45, 2.75) is 58.3 Å². The number of carboxylic acid groups (broad SMARTS) is 1. The summed E-state index contributed by atoms with van der Waals surface area (Å²) in [7, 11) is 0. The molecule has 2 fully saturated rings. The largest absolute Gasteiger partial charge is 0.481 e. The first-order valence-corrected chi connectivity index (χ1v) is 10.4. The lowest BCUT2D eigenvalue weighted by Crippen LogP contribution is -2.50. The number of benzene rings is 1. The average molecular weight is 354 g/mol. The van der Waals surface area contributed by atoms with Gasteiger partial charge in [0.1, 0.15) is 0 Å². The SMILES string of the molecule is CC1=C(CN2CC(C(=O)O)C2)CCc2cc(CC3CCCCC3)ccc21. The van der Waals surface area contributed by atoms with Gasteiger partial charge in [-0.3, -0.25) is 9.69 Å². The number of likely N-dealkylation sites (tertiary alicyclic amines) is 1. The Kier molecular flexibility index (Phi) is 5.17. The van der Waals surface area contributed by atoms with Crippen LogP contribution in [0.1, 0.15) is 62.1 Å². The van der Waals surface area contributed by atoms with Crippen molar-refractivity contribution in [1.29, 1.82) is 0 Å². The molecule has 1 heterocycles. The molecule has 3 nitrogen and oxygen atoms in total. The third-order valence-corrected chi connectivity index (χ3v) is 6.77. The summed E-state index contributed by atoms with van der Waals surface area (Å²) in [5.74, 6) is 0.0896. The molecule has 1 saturated heterocycles. The number of aryl methyl sites for hydroxylation is 1. The molecular weight excluding hydrogens is 322 g/mol. The fourth-order valence-electron chi connectivity index (χ4n) is 5.06. The van der Waals surface area contributed by atoms with Gasteiger partial charge < -0.3 is 5.11 Å². The minimum absolute atomic E-state index is 0.158. The van der Waals surface area contributed by atoms with Gasteiger partial charge in [-0.25, -0.2) is 0 Å². The number of allylic oxidation sites excluding steroid dienone is 1. The molecule has 0 bridgehead atoms. The van der Waals surface area contributed by atoms with Crippen molar-refractivity contribution < 1.29 is 9.90 Å². The first kappa shape index (κ1) is 17.8. The zero-order chi connectivity index (χ0) is 18.1. The summed E-state index contributed by atoms with van der Waals surface area (Å²) in [6.45, 7) is 4.61. The topological polar surface area (TPSA) is 40.5 Å². The number of hydrogen-bond acceptors (Lipinski definition) is 2. The fraction of sp³-hybridized carbons (Fsp3) is 0.609. The Morgan fingerprint density at radius 3 is 2.65 bits per heavy atom. The summed E-state index contributed by atoms with van der Waals surface area (Å²) in [5, 5.41) is 9.04. The zero-order valence-corrected chi connectivity index (χ0v) is 16.0. The van der Waals surface area contributed by atoms with Gasteiger partial charge in [-0.05, 0) is 54.4 Å². The summed E-state index contributed by atoms with van der Waals surface area (Å²) in [6.07, 6.45) is 10.6. The van der Waals surface area contributed by atoms with Crippen molar-refractivity contribution in [3.8, 4) is 0 Å². The van der Waals surface area contributed by atoms with Crippen LogP contribution in [0.2, 0.25) is 0 Å². The smallest absolute Gasteiger partial charge is 0.309 e. The summed E-state index contributed by atoms with van der Waals surface area (Å²) in [6, 6.07) is 7.16. The number of nitrogens with zero attached hydrogens (tertiary/aromatic N) is 1. The van der Waals surface area contributed by atoms with Crippen LogP contribution in [-0.2, 0) is 17.6 Å². The van der Waals surface area contributed by atoms with E-state index in [0.29, 0.717) is 13.1 Å². The second-order valence-electron chi connectivity index (χ2n) is 8.66. The van der Waals surface area contributed by atoms with Gasteiger partial charge in [0.25, 0.3) is 0 Å². The maximum atomic E-state index is 11.0. The first-order chi connectivity index (χ1) is 12.6. The van der Waals surface area contributed by atoms with E-state index in [9.17, 15) is 4.79 Å². The maximum absolute atomic E-state index is 11.0. The van der Waals surface area contributed by atoms with Crippen LogP contribution in [0.5, 0.6) is 0 Å². The van der Waals surface area contributed by atoms with E-state index in [0.717, 1.165) is 25.3 Å². The van der Waals surface area contributed by atoms with Crippen LogP contribution in [0, 0.1) is 11.8 Å². The Morgan fingerprint density at radius 1 is 1.15 bits per heavy atom. The molecule has 1 N–H and O–H groups in total. The van der Waals surface area contributed by atoms with Crippen molar-refractivity contribution in [2.24, 2.45) is 11.8 Å². The average Bonchev–Trinajstić information content (AvgIpc) is 2.60. The number of rotatable bonds is 5. The Labute approximate surface area is 157 Å². The third-order valence-electron chi connectivity index (χ3n) is 6.77. The van der Waals surface area contributed by atoms with Gasteiger partial charge in [-0.15, -0.1) is 0 Å². The Hall–Kier alpha value is -1.61. The van der Waals surface area contributed by atoms with E-state index < -0.39 is 5.97 Å². The molecule has 3 heteroatoms. The lowest BCUT2D eigenvalue weighted by molar-refractivity contribution is -0.147. The van der Waals surface area contributed by atoms with Gasteiger partial charge in [0.2, 0.25) is 0 Å². The third kappa shape index (κ3) is 3.73. The van der Waals surface area contributed by atoms with Crippen molar-refractivity contribution in [3.63, 3.8) is 0 Å². The molecule has 26 heavy (non-hydrogen) atoms.